The van der Waals surface area contributed by atoms with E-state index in [1.54, 1.807) is 12.3 Å². The Morgan fingerprint density at radius 1 is 1.37 bits per heavy atom. The minimum Gasteiger partial charge on any atom is -0.340 e. The molecule has 1 heterocycles. The first-order valence-corrected chi connectivity index (χ1v) is 7.04. The van der Waals surface area contributed by atoms with Crippen LogP contribution in [-0.4, -0.2) is 9.97 Å². The molecule has 1 aromatic carbocycles. The summed E-state index contributed by atoms with van der Waals surface area (Å²) >= 11 is 12.1. The molecule has 0 radical (unpaired) electrons. The lowest BCUT2D eigenvalue weighted by Crippen LogP contribution is -2.36. The van der Waals surface area contributed by atoms with Gasteiger partial charge in [-0.05, 0) is 43.9 Å². The van der Waals surface area contributed by atoms with Crippen LogP contribution in [0, 0.1) is 5.92 Å². The third-order valence-electron chi connectivity index (χ3n) is 3.73. The van der Waals surface area contributed by atoms with E-state index >= 15 is 0 Å². The predicted molar refractivity (Wildman–Crippen MR) is 78.3 cm³/mol. The maximum atomic E-state index is 6.35. The quantitative estimate of drug-likeness (QED) is 0.900. The van der Waals surface area contributed by atoms with Gasteiger partial charge < -0.3 is 10.7 Å². The molecule has 3 nitrogen and oxygen atoms in total. The van der Waals surface area contributed by atoms with Crippen LogP contribution in [0.4, 0.5) is 0 Å². The van der Waals surface area contributed by atoms with Crippen molar-refractivity contribution in [2.75, 3.05) is 0 Å². The zero-order chi connectivity index (χ0) is 13.6. The lowest BCUT2D eigenvalue weighted by atomic mass is 9.97. The molecule has 1 aliphatic carbocycles. The normalized spacial score (nSPS) is 18.3. The van der Waals surface area contributed by atoms with Crippen molar-refractivity contribution in [1.82, 2.24) is 9.97 Å². The van der Waals surface area contributed by atoms with Crippen molar-refractivity contribution in [3.05, 3.63) is 40.3 Å². The van der Waals surface area contributed by atoms with E-state index in [9.17, 15) is 0 Å². The highest BCUT2D eigenvalue weighted by Crippen LogP contribution is 2.43. The number of aromatic amines is 1. The number of nitrogens with one attached hydrogen (secondary N) is 1. The van der Waals surface area contributed by atoms with Crippen molar-refractivity contribution in [2.45, 2.75) is 25.3 Å². The molecule has 1 unspecified atom stereocenters. The first-order chi connectivity index (χ1) is 8.98. The monoisotopic (exact) mass is 295 g/mol. The van der Waals surface area contributed by atoms with Crippen molar-refractivity contribution < 1.29 is 0 Å². The van der Waals surface area contributed by atoms with Crippen LogP contribution in [0.15, 0.2) is 24.4 Å². The van der Waals surface area contributed by atoms with Gasteiger partial charge >= 0.3 is 0 Å². The van der Waals surface area contributed by atoms with Gasteiger partial charge in [0.25, 0.3) is 0 Å². The van der Waals surface area contributed by atoms with Gasteiger partial charge in [-0.15, -0.1) is 0 Å². The molecule has 0 amide bonds. The Hall–Kier alpha value is -1.03. The van der Waals surface area contributed by atoms with E-state index in [1.807, 2.05) is 19.1 Å². The molecular formula is C14H15Cl2N3. The molecule has 1 fully saturated rings. The third-order valence-corrected chi connectivity index (χ3v) is 4.28. The van der Waals surface area contributed by atoms with Gasteiger partial charge in [-0.25, -0.2) is 4.98 Å². The smallest absolute Gasteiger partial charge is 0.126 e. The predicted octanol–water partition coefficient (Wildman–Crippen LogP) is 3.97. The number of hydrogen-bond donors (Lipinski definition) is 2. The fourth-order valence-corrected chi connectivity index (χ4v) is 2.83. The van der Waals surface area contributed by atoms with Crippen LogP contribution in [0.1, 0.15) is 25.6 Å². The van der Waals surface area contributed by atoms with Crippen LogP contribution in [-0.2, 0) is 5.54 Å². The SMILES string of the molecule is CC(N)(c1ncc(-c2ccc(Cl)cc2Cl)[nH]1)C1CC1. The first kappa shape index (κ1) is 13.0. The molecule has 1 saturated carbocycles. The van der Waals surface area contributed by atoms with Gasteiger partial charge in [0.05, 0.1) is 22.5 Å². The Morgan fingerprint density at radius 3 is 2.74 bits per heavy atom. The lowest BCUT2D eigenvalue weighted by molar-refractivity contribution is 0.404. The first-order valence-electron chi connectivity index (χ1n) is 6.28. The Morgan fingerprint density at radius 2 is 2.11 bits per heavy atom. The van der Waals surface area contributed by atoms with E-state index in [4.69, 9.17) is 28.9 Å². The highest BCUT2D eigenvalue weighted by Gasteiger charge is 2.41. The number of nitrogens with two attached hydrogens (primary N) is 1. The van der Waals surface area contributed by atoms with Crippen LogP contribution in [0.3, 0.4) is 0 Å². The molecule has 100 valence electrons. The van der Waals surface area contributed by atoms with E-state index in [1.165, 1.54) is 12.8 Å². The van der Waals surface area contributed by atoms with Crippen molar-refractivity contribution >= 4 is 23.2 Å². The van der Waals surface area contributed by atoms with E-state index < -0.39 is 5.54 Å². The van der Waals surface area contributed by atoms with Crippen molar-refractivity contribution in [3.63, 3.8) is 0 Å². The second kappa shape index (κ2) is 4.51. The molecular weight excluding hydrogens is 281 g/mol. The Bertz CT molecular complexity index is 615. The zero-order valence-corrected chi connectivity index (χ0v) is 12.1. The van der Waals surface area contributed by atoms with E-state index in [0.29, 0.717) is 16.0 Å². The fraction of sp³-hybridized carbons (Fsp3) is 0.357. The molecule has 1 aromatic heterocycles. The fourth-order valence-electron chi connectivity index (χ4n) is 2.32. The van der Waals surface area contributed by atoms with Crippen LogP contribution in [0.2, 0.25) is 10.0 Å². The van der Waals surface area contributed by atoms with Gasteiger partial charge in [0.2, 0.25) is 0 Å². The number of halogens is 2. The van der Waals surface area contributed by atoms with Gasteiger partial charge in [0, 0.05) is 10.6 Å². The summed E-state index contributed by atoms with van der Waals surface area (Å²) in [5, 5.41) is 1.22. The highest BCUT2D eigenvalue weighted by molar-refractivity contribution is 6.36. The summed E-state index contributed by atoms with van der Waals surface area (Å²) in [6, 6.07) is 5.42. The molecule has 0 spiro atoms. The average Bonchev–Trinajstić information content (AvgIpc) is 3.09. The van der Waals surface area contributed by atoms with Crippen LogP contribution < -0.4 is 5.73 Å². The van der Waals surface area contributed by atoms with E-state index in [0.717, 1.165) is 17.1 Å². The average molecular weight is 296 g/mol. The molecule has 0 saturated heterocycles. The number of rotatable bonds is 3. The minimum absolute atomic E-state index is 0.392. The molecule has 2 aromatic rings. The summed E-state index contributed by atoms with van der Waals surface area (Å²) in [5.74, 6) is 1.34. The van der Waals surface area contributed by atoms with Crippen molar-refractivity contribution in [3.8, 4) is 11.3 Å². The van der Waals surface area contributed by atoms with Gasteiger partial charge in [-0.1, -0.05) is 23.2 Å². The second-order valence-electron chi connectivity index (χ2n) is 5.33. The van der Waals surface area contributed by atoms with Gasteiger partial charge in [0.1, 0.15) is 5.82 Å². The second-order valence-corrected chi connectivity index (χ2v) is 6.17. The molecule has 3 rings (SSSR count). The van der Waals surface area contributed by atoms with Crippen LogP contribution in [0.25, 0.3) is 11.3 Å². The Balaban J connectivity index is 1.96. The number of nitrogens with zero attached hydrogens (tertiary/aromatic N) is 1. The molecule has 5 heteroatoms. The summed E-state index contributed by atoms with van der Waals surface area (Å²) in [6.07, 6.45) is 4.12. The molecule has 1 aliphatic rings. The van der Waals surface area contributed by atoms with Crippen LogP contribution in [0.5, 0.6) is 0 Å². The lowest BCUT2D eigenvalue weighted by Gasteiger charge is -2.21. The Labute approximate surface area is 122 Å². The maximum Gasteiger partial charge on any atom is 0.126 e. The number of H-pyrrole nitrogens is 1. The zero-order valence-electron chi connectivity index (χ0n) is 10.6. The Kier molecular flexibility index (Phi) is 3.08. The summed E-state index contributed by atoms with van der Waals surface area (Å²) in [6.45, 7) is 2.02. The van der Waals surface area contributed by atoms with E-state index in [-0.39, 0.29) is 0 Å². The van der Waals surface area contributed by atoms with Crippen molar-refractivity contribution in [2.24, 2.45) is 11.7 Å². The molecule has 3 N–H and O–H groups in total. The van der Waals surface area contributed by atoms with E-state index in [2.05, 4.69) is 9.97 Å². The van der Waals surface area contributed by atoms with Gasteiger partial charge in [0.15, 0.2) is 0 Å². The standard InChI is InChI=1S/C14H15Cl2N3/c1-14(17,8-2-3-8)13-18-7-12(19-13)10-5-4-9(15)6-11(10)16/h4-8H,2-3,17H2,1H3,(H,18,19). The molecule has 1 atom stereocenters. The topological polar surface area (TPSA) is 54.7 Å². The van der Waals surface area contributed by atoms with Crippen LogP contribution >= 0.6 is 23.2 Å². The van der Waals surface area contributed by atoms with Gasteiger partial charge in [-0.3, -0.25) is 0 Å². The number of hydrogen-bond acceptors (Lipinski definition) is 2. The third kappa shape index (κ3) is 2.38. The number of benzene rings is 1. The summed E-state index contributed by atoms with van der Waals surface area (Å²) in [4.78, 5) is 7.70. The summed E-state index contributed by atoms with van der Waals surface area (Å²) < 4.78 is 0. The minimum atomic E-state index is -0.392. The summed E-state index contributed by atoms with van der Waals surface area (Å²) in [7, 11) is 0. The number of imidazole rings is 1. The molecule has 19 heavy (non-hydrogen) atoms. The highest BCUT2D eigenvalue weighted by atomic mass is 35.5. The van der Waals surface area contributed by atoms with Gasteiger partial charge in [-0.2, -0.15) is 0 Å². The number of aromatic nitrogens is 2. The molecule has 0 aliphatic heterocycles. The maximum absolute atomic E-state index is 6.35. The largest absolute Gasteiger partial charge is 0.340 e. The van der Waals surface area contributed by atoms with Crippen molar-refractivity contribution in [1.29, 1.82) is 0 Å². The summed E-state index contributed by atoms with van der Waals surface area (Å²) in [5.41, 5.74) is 7.71. The molecule has 0 bridgehead atoms.